The van der Waals surface area contributed by atoms with E-state index in [1.54, 1.807) is 20.8 Å². The lowest BCUT2D eigenvalue weighted by Crippen LogP contribution is -2.33. The van der Waals surface area contributed by atoms with Gasteiger partial charge in [-0.25, -0.2) is 4.79 Å². The Kier molecular flexibility index (Phi) is 9.40. The Morgan fingerprint density at radius 3 is 2.42 bits per heavy atom. The number of nitrogens with one attached hydrogen (secondary N) is 1. The highest BCUT2D eigenvalue weighted by molar-refractivity contribution is 5.93. The number of carbonyl (C=O) groups excluding carboxylic acids is 2. The summed E-state index contributed by atoms with van der Waals surface area (Å²) in [7, 11) is 0. The largest absolute Gasteiger partial charge is 0.481 e. The molecule has 1 aliphatic rings. The van der Waals surface area contributed by atoms with E-state index in [4.69, 9.17) is 14.2 Å². The predicted molar refractivity (Wildman–Crippen MR) is 93.7 cm³/mol. The third kappa shape index (κ3) is 9.60. The molecule has 1 saturated heterocycles. The molecule has 0 aliphatic carbocycles. The van der Waals surface area contributed by atoms with Gasteiger partial charge in [-0.15, -0.1) is 0 Å². The SMILES string of the molecule is CC(C)(C)OC(=O)NCCCCC(C(=O)O)C(=O)OCC1CCOCC1. The van der Waals surface area contributed by atoms with Crippen LogP contribution in [0.2, 0.25) is 0 Å². The normalized spacial score (nSPS) is 16.6. The Morgan fingerprint density at radius 1 is 1.19 bits per heavy atom. The van der Waals surface area contributed by atoms with Crippen molar-refractivity contribution in [3.8, 4) is 0 Å². The van der Waals surface area contributed by atoms with Crippen molar-refractivity contribution in [1.29, 1.82) is 0 Å². The summed E-state index contributed by atoms with van der Waals surface area (Å²) in [5, 5.41) is 11.8. The van der Waals surface area contributed by atoms with Gasteiger partial charge < -0.3 is 24.6 Å². The molecule has 1 rings (SSSR count). The van der Waals surface area contributed by atoms with Crippen molar-refractivity contribution < 1.29 is 33.7 Å². The van der Waals surface area contributed by atoms with Gasteiger partial charge in [-0.3, -0.25) is 9.59 Å². The number of unbranched alkanes of at least 4 members (excludes halogenated alkanes) is 1. The lowest BCUT2D eigenvalue weighted by Gasteiger charge is -2.22. The molecule has 0 saturated carbocycles. The van der Waals surface area contributed by atoms with Crippen LogP contribution in [0.25, 0.3) is 0 Å². The highest BCUT2D eigenvalue weighted by Gasteiger charge is 2.28. The lowest BCUT2D eigenvalue weighted by molar-refractivity contribution is -0.160. The molecule has 0 spiro atoms. The topological polar surface area (TPSA) is 111 Å². The van der Waals surface area contributed by atoms with E-state index in [2.05, 4.69) is 5.32 Å². The summed E-state index contributed by atoms with van der Waals surface area (Å²) in [4.78, 5) is 34.8. The zero-order valence-corrected chi connectivity index (χ0v) is 15.9. The summed E-state index contributed by atoms with van der Waals surface area (Å²) >= 11 is 0. The summed E-state index contributed by atoms with van der Waals surface area (Å²) < 4.78 is 15.5. The van der Waals surface area contributed by atoms with Crippen molar-refractivity contribution in [2.75, 3.05) is 26.4 Å². The molecule has 0 bridgehead atoms. The minimum absolute atomic E-state index is 0.179. The van der Waals surface area contributed by atoms with Gasteiger partial charge in [-0.05, 0) is 52.4 Å². The number of esters is 1. The lowest BCUT2D eigenvalue weighted by atomic mass is 10.0. The summed E-state index contributed by atoms with van der Waals surface area (Å²) in [6.07, 6.45) is 2.35. The first-order chi connectivity index (χ1) is 12.2. The summed E-state index contributed by atoms with van der Waals surface area (Å²) in [5.74, 6) is -2.80. The van der Waals surface area contributed by atoms with Gasteiger partial charge in [0.2, 0.25) is 0 Å². The number of rotatable bonds is 9. The molecule has 0 aromatic rings. The van der Waals surface area contributed by atoms with Crippen molar-refractivity contribution in [3.63, 3.8) is 0 Å². The number of hydrogen-bond donors (Lipinski definition) is 2. The minimum Gasteiger partial charge on any atom is -0.481 e. The molecule has 0 aromatic heterocycles. The highest BCUT2D eigenvalue weighted by atomic mass is 16.6. The minimum atomic E-state index is -1.18. The van der Waals surface area contributed by atoms with Crippen LogP contribution >= 0.6 is 0 Å². The Hall–Kier alpha value is -1.83. The van der Waals surface area contributed by atoms with E-state index >= 15 is 0 Å². The third-order valence-corrected chi connectivity index (χ3v) is 3.97. The summed E-state index contributed by atoms with van der Waals surface area (Å²) in [5.41, 5.74) is -0.563. The van der Waals surface area contributed by atoms with Crippen LogP contribution in [0.15, 0.2) is 0 Å². The van der Waals surface area contributed by atoms with Crippen LogP contribution in [0, 0.1) is 11.8 Å². The van der Waals surface area contributed by atoms with E-state index < -0.39 is 29.6 Å². The molecule has 0 radical (unpaired) electrons. The molecule has 2 N–H and O–H groups in total. The van der Waals surface area contributed by atoms with E-state index in [0.717, 1.165) is 12.8 Å². The molecule has 1 unspecified atom stereocenters. The Balaban J connectivity index is 2.24. The van der Waals surface area contributed by atoms with Crippen molar-refractivity contribution >= 4 is 18.0 Å². The van der Waals surface area contributed by atoms with Gasteiger partial charge in [0.15, 0.2) is 5.92 Å². The molecular formula is C18H31NO7. The summed E-state index contributed by atoms with van der Waals surface area (Å²) in [6.45, 7) is 7.22. The van der Waals surface area contributed by atoms with E-state index in [-0.39, 0.29) is 18.9 Å². The van der Waals surface area contributed by atoms with Crippen LogP contribution in [0.3, 0.4) is 0 Å². The van der Waals surface area contributed by atoms with Crippen molar-refractivity contribution in [2.45, 2.75) is 58.5 Å². The fraction of sp³-hybridized carbons (Fsp3) is 0.833. The second kappa shape index (κ2) is 11.0. The first-order valence-electron chi connectivity index (χ1n) is 9.13. The monoisotopic (exact) mass is 373 g/mol. The van der Waals surface area contributed by atoms with E-state index in [1.807, 2.05) is 0 Å². The smallest absolute Gasteiger partial charge is 0.407 e. The number of ether oxygens (including phenoxy) is 3. The van der Waals surface area contributed by atoms with E-state index in [1.165, 1.54) is 0 Å². The van der Waals surface area contributed by atoms with Crippen LogP contribution in [-0.2, 0) is 23.8 Å². The first kappa shape index (κ1) is 22.2. The number of carboxylic acids is 1. The molecule has 1 amide bonds. The first-order valence-corrected chi connectivity index (χ1v) is 9.13. The Bertz CT molecular complexity index is 467. The zero-order valence-electron chi connectivity index (χ0n) is 15.9. The van der Waals surface area contributed by atoms with Gasteiger partial charge in [0.05, 0.1) is 6.61 Å². The van der Waals surface area contributed by atoms with Gasteiger partial charge in [-0.2, -0.15) is 0 Å². The molecular weight excluding hydrogens is 342 g/mol. The molecule has 1 atom stereocenters. The van der Waals surface area contributed by atoms with Crippen molar-refractivity contribution in [3.05, 3.63) is 0 Å². The maximum absolute atomic E-state index is 12.0. The maximum atomic E-state index is 12.0. The quantitative estimate of drug-likeness (QED) is 0.362. The van der Waals surface area contributed by atoms with Gasteiger partial charge in [0.1, 0.15) is 5.60 Å². The molecule has 1 heterocycles. The second-order valence-corrected chi connectivity index (χ2v) is 7.50. The molecule has 150 valence electrons. The molecule has 8 heteroatoms. The third-order valence-electron chi connectivity index (χ3n) is 3.97. The van der Waals surface area contributed by atoms with Crippen LogP contribution in [0.1, 0.15) is 52.9 Å². The average molecular weight is 373 g/mol. The van der Waals surface area contributed by atoms with Gasteiger partial charge >= 0.3 is 18.0 Å². The van der Waals surface area contributed by atoms with Crippen molar-refractivity contribution in [1.82, 2.24) is 5.32 Å². The fourth-order valence-corrected chi connectivity index (χ4v) is 2.53. The van der Waals surface area contributed by atoms with Gasteiger partial charge in [0.25, 0.3) is 0 Å². The number of hydrogen-bond acceptors (Lipinski definition) is 6. The van der Waals surface area contributed by atoms with Crippen molar-refractivity contribution in [2.24, 2.45) is 11.8 Å². The van der Waals surface area contributed by atoms with Gasteiger partial charge in [0, 0.05) is 19.8 Å². The second-order valence-electron chi connectivity index (χ2n) is 7.50. The number of carbonyl (C=O) groups is 3. The number of aliphatic carboxylic acids is 1. The average Bonchev–Trinajstić information content (AvgIpc) is 2.55. The molecule has 1 fully saturated rings. The Labute approximate surface area is 154 Å². The molecule has 1 aliphatic heterocycles. The number of carboxylic acid groups (broad SMARTS) is 1. The molecule has 26 heavy (non-hydrogen) atoms. The van der Waals surface area contributed by atoms with E-state index in [9.17, 15) is 19.5 Å². The molecule has 8 nitrogen and oxygen atoms in total. The molecule has 0 aromatic carbocycles. The van der Waals surface area contributed by atoms with Gasteiger partial charge in [-0.1, -0.05) is 6.42 Å². The Morgan fingerprint density at radius 2 is 1.85 bits per heavy atom. The highest BCUT2D eigenvalue weighted by Crippen LogP contribution is 2.17. The van der Waals surface area contributed by atoms with Crippen LogP contribution in [0.5, 0.6) is 0 Å². The summed E-state index contributed by atoms with van der Waals surface area (Å²) in [6, 6.07) is 0. The number of alkyl carbamates (subject to hydrolysis) is 1. The van der Waals surface area contributed by atoms with Crippen LogP contribution < -0.4 is 5.32 Å². The van der Waals surface area contributed by atoms with E-state index in [0.29, 0.717) is 32.6 Å². The maximum Gasteiger partial charge on any atom is 0.407 e. The standard InChI is InChI=1S/C18H31NO7/c1-18(2,3)26-17(23)19-9-5-4-6-14(15(20)21)16(22)25-12-13-7-10-24-11-8-13/h13-14H,4-12H2,1-3H3,(H,19,23)(H,20,21). The fourth-order valence-electron chi connectivity index (χ4n) is 2.53. The number of amides is 1. The van der Waals surface area contributed by atoms with Crippen LogP contribution in [0.4, 0.5) is 4.79 Å². The zero-order chi connectivity index (χ0) is 19.6. The predicted octanol–water partition coefficient (Wildman–Crippen LogP) is 2.35. The van der Waals surface area contributed by atoms with Crippen LogP contribution in [-0.4, -0.2) is 55.1 Å².